The van der Waals surface area contributed by atoms with E-state index in [1.54, 1.807) is 0 Å². The molecule has 0 aliphatic carbocycles. The molecule has 1 aromatic rings. The number of aromatic nitrogens is 1. The average Bonchev–Trinajstić information content (AvgIpc) is 1.94. The summed E-state index contributed by atoms with van der Waals surface area (Å²) in [6.07, 6.45) is 1.26. The van der Waals surface area contributed by atoms with Crippen molar-refractivity contribution < 1.29 is 8.42 Å². The maximum absolute atomic E-state index is 10.6. The molecule has 0 atom stereocenters. The van der Waals surface area contributed by atoms with Gasteiger partial charge in [-0.15, -0.1) is 0 Å². The van der Waals surface area contributed by atoms with Gasteiger partial charge in [0.25, 0.3) is 10.2 Å². The lowest BCUT2D eigenvalue weighted by Crippen LogP contribution is -2.21. The van der Waals surface area contributed by atoms with Crippen molar-refractivity contribution in [2.24, 2.45) is 5.14 Å². The fourth-order valence-corrected chi connectivity index (χ4v) is 1.53. The topological polar surface area (TPSA) is 85.1 Å². The maximum atomic E-state index is 10.6. The van der Waals surface area contributed by atoms with E-state index >= 15 is 0 Å². The molecule has 1 heterocycles. The molecule has 5 nitrogen and oxygen atoms in total. The number of pyridine rings is 1. The average molecular weight is 287 g/mol. The van der Waals surface area contributed by atoms with Gasteiger partial charge in [-0.25, -0.2) is 10.1 Å². The minimum Gasteiger partial charge on any atom is -0.270 e. The molecule has 13 heavy (non-hydrogen) atoms. The highest BCUT2D eigenvalue weighted by molar-refractivity contribution is 9.10. The van der Waals surface area contributed by atoms with Gasteiger partial charge in [0, 0.05) is 0 Å². The molecule has 0 fully saturated rings. The number of rotatable bonds is 2. The highest BCUT2D eigenvalue weighted by Crippen LogP contribution is 2.22. The number of hydrogen-bond acceptors (Lipinski definition) is 3. The van der Waals surface area contributed by atoms with Gasteiger partial charge in [0.15, 0.2) is 0 Å². The van der Waals surface area contributed by atoms with Crippen LogP contribution in [-0.4, -0.2) is 13.4 Å². The fraction of sp³-hybridized carbons (Fsp3) is 0. The van der Waals surface area contributed by atoms with Crippen LogP contribution < -0.4 is 9.86 Å². The van der Waals surface area contributed by atoms with E-state index in [0.717, 1.165) is 0 Å². The van der Waals surface area contributed by atoms with Crippen molar-refractivity contribution in [3.8, 4) is 0 Å². The van der Waals surface area contributed by atoms with Gasteiger partial charge < -0.3 is 0 Å². The second-order valence-corrected chi connectivity index (χ2v) is 4.65. The molecule has 8 heteroatoms. The van der Waals surface area contributed by atoms with E-state index < -0.39 is 10.2 Å². The van der Waals surface area contributed by atoms with Gasteiger partial charge in [-0.1, -0.05) is 11.6 Å². The number of hydrogen-bond donors (Lipinski definition) is 2. The molecule has 0 saturated heterocycles. The molecule has 1 aromatic heterocycles. The molecule has 72 valence electrons. The van der Waals surface area contributed by atoms with Gasteiger partial charge in [0.1, 0.15) is 5.15 Å². The zero-order chi connectivity index (χ0) is 10.1. The first-order chi connectivity index (χ1) is 5.88. The SMILES string of the molecule is NS(=O)(=O)Nc1cnc(Cl)c(Br)c1. The van der Waals surface area contributed by atoms with Crippen LogP contribution in [0.3, 0.4) is 0 Å². The van der Waals surface area contributed by atoms with Crippen molar-refractivity contribution in [2.45, 2.75) is 0 Å². The molecule has 0 spiro atoms. The Morgan fingerprint density at radius 2 is 2.23 bits per heavy atom. The molecule has 0 aliphatic heterocycles. The van der Waals surface area contributed by atoms with Gasteiger partial charge in [-0.2, -0.15) is 8.42 Å². The first kappa shape index (κ1) is 10.7. The lowest BCUT2D eigenvalue weighted by Gasteiger charge is -2.03. The predicted octanol–water partition coefficient (Wildman–Crippen LogP) is 1.11. The summed E-state index contributed by atoms with van der Waals surface area (Å²) >= 11 is 8.67. The Morgan fingerprint density at radius 3 is 2.69 bits per heavy atom. The summed E-state index contributed by atoms with van der Waals surface area (Å²) in [7, 11) is -3.76. The monoisotopic (exact) mass is 285 g/mol. The van der Waals surface area contributed by atoms with Crippen molar-refractivity contribution in [3.63, 3.8) is 0 Å². The van der Waals surface area contributed by atoms with Gasteiger partial charge in [-0.05, 0) is 22.0 Å². The van der Waals surface area contributed by atoms with Crippen LogP contribution in [0.5, 0.6) is 0 Å². The Hall–Kier alpha value is -0.370. The fourth-order valence-electron chi connectivity index (χ4n) is 0.641. The second kappa shape index (κ2) is 3.79. The van der Waals surface area contributed by atoms with Crippen LogP contribution in [-0.2, 0) is 10.2 Å². The molecule has 0 aliphatic rings. The number of nitrogens with zero attached hydrogens (tertiary/aromatic N) is 1. The van der Waals surface area contributed by atoms with Crippen LogP contribution in [0, 0.1) is 0 Å². The Labute approximate surface area is 88.6 Å². The molecule has 1 rings (SSSR count). The van der Waals surface area contributed by atoms with Crippen LogP contribution in [0.25, 0.3) is 0 Å². The summed E-state index contributed by atoms with van der Waals surface area (Å²) in [5.74, 6) is 0. The van der Waals surface area contributed by atoms with E-state index in [9.17, 15) is 8.42 Å². The van der Waals surface area contributed by atoms with Crippen molar-refractivity contribution in [1.82, 2.24) is 4.98 Å². The van der Waals surface area contributed by atoms with Crippen molar-refractivity contribution >= 4 is 43.4 Å². The first-order valence-electron chi connectivity index (χ1n) is 3.00. The standard InChI is InChI=1S/C5H5BrClN3O2S/c6-4-1-3(2-9-5(4)7)10-13(8,11)12/h1-2,10H,(H2,8,11,12). The van der Waals surface area contributed by atoms with Crippen LogP contribution in [0.2, 0.25) is 5.15 Å². The molecule has 0 amide bonds. The minimum absolute atomic E-state index is 0.249. The molecule has 3 N–H and O–H groups in total. The predicted molar refractivity (Wildman–Crippen MR) is 53.7 cm³/mol. The maximum Gasteiger partial charge on any atom is 0.296 e. The molecule has 0 aromatic carbocycles. The van der Waals surface area contributed by atoms with Gasteiger partial charge in [0.2, 0.25) is 0 Å². The van der Waals surface area contributed by atoms with Gasteiger partial charge >= 0.3 is 0 Å². The lowest BCUT2D eigenvalue weighted by atomic mass is 10.4. The largest absolute Gasteiger partial charge is 0.296 e. The molecule has 0 unspecified atom stereocenters. The Morgan fingerprint density at radius 1 is 1.62 bits per heavy atom. The third kappa shape index (κ3) is 3.47. The highest BCUT2D eigenvalue weighted by atomic mass is 79.9. The van der Waals surface area contributed by atoms with Crippen LogP contribution in [0.15, 0.2) is 16.7 Å². The Kier molecular flexibility index (Phi) is 3.12. The smallest absolute Gasteiger partial charge is 0.270 e. The van der Waals surface area contributed by atoms with E-state index in [2.05, 4.69) is 20.9 Å². The molecular weight excluding hydrogens is 281 g/mol. The lowest BCUT2D eigenvalue weighted by molar-refractivity contribution is 0.603. The van der Waals surface area contributed by atoms with Gasteiger partial charge in [-0.3, -0.25) is 4.72 Å². The van der Waals surface area contributed by atoms with E-state index in [1.165, 1.54) is 12.3 Å². The van der Waals surface area contributed by atoms with Crippen molar-refractivity contribution in [2.75, 3.05) is 4.72 Å². The minimum atomic E-state index is -3.76. The van der Waals surface area contributed by atoms with Gasteiger partial charge in [0.05, 0.1) is 16.4 Å². The number of halogens is 2. The van der Waals surface area contributed by atoms with E-state index in [4.69, 9.17) is 16.7 Å². The molecule has 0 radical (unpaired) electrons. The van der Waals surface area contributed by atoms with Crippen LogP contribution >= 0.6 is 27.5 Å². The zero-order valence-corrected chi connectivity index (χ0v) is 9.32. The first-order valence-corrected chi connectivity index (χ1v) is 5.72. The Bertz CT molecular complexity index is 422. The molecular formula is C5H5BrClN3O2S. The summed E-state index contributed by atoms with van der Waals surface area (Å²) in [5, 5.41) is 4.99. The second-order valence-electron chi connectivity index (χ2n) is 2.14. The van der Waals surface area contributed by atoms with E-state index in [-0.39, 0.29) is 10.8 Å². The molecule has 0 saturated carbocycles. The summed E-state index contributed by atoms with van der Waals surface area (Å²) in [6, 6.07) is 1.46. The highest BCUT2D eigenvalue weighted by Gasteiger charge is 2.04. The summed E-state index contributed by atoms with van der Waals surface area (Å²) in [5.41, 5.74) is 0.249. The Balaban J connectivity index is 2.99. The summed E-state index contributed by atoms with van der Waals surface area (Å²) in [4.78, 5) is 3.70. The van der Waals surface area contributed by atoms with Crippen molar-refractivity contribution in [3.05, 3.63) is 21.9 Å². The van der Waals surface area contributed by atoms with E-state index in [1.807, 2.05) is 4.72 Å². The third-order valence-electron chi connectivity index (χ3n) is 1.06. The number of nitrogens with two attached hydrogens (primary N) is 1. The number of anilines is 1. The molecule has 0 bridgehead atoms. The quantitative estimate of drug-likeness (QED) is 0.799. The summed E-state index contributed by atoms with van der Waals surface area (Å²) in [6.45, 7) is 0. The normalized spacial score (nSPS) is 11.3. The van der Waals surface area contributed by atoms with E-state index in [0.29, 0.717) is 4.47 Å². The zero-order valence-electron chi connectivity index (χ0n) is 6.16. The third-order valence-corrected chi connectivity index (χ3v) is 2.71. The summed E-state index contributed by atoms with van der Waals surface area (Å²) < 4.78 is 23.7. The van der Waals surface area contributed by atoms with Crippen LogP contribution in [0.4, 0.5) is 5.69 Å². The van der Waals surface area contributed by atoms with Crippen LogP contribution in [0.1, 0.15) is 0 Å². The number of nitrogens with one attached hydrogen (secondary N) is 1. The van der Waals surface area contributed by atoms with Crippen molar-refractivity contribution in [1.29, 1.82) is 0 Å².